The first kappa shape index (κ1) is 23.4. The summed E-state index contributed by atoms with van der Waals surface area (Å²) in [5, 5.41) is 11.5. The van der Waals surface area contributed by atoms with E-state index >= 15 is 0 Å². The number of amides is 1. The zero-order valence-electron chi connectivity index (χ0n) is 19.3. The molecular weight excluding hydrogens is 479 g/mol. The summed E-state index contributed by atoms with van der Waals surface area (Å²) in [6.45, 7) is 5.92. The van der Waals surface area contributed by atoms with Gasteiger partial charge in [-0.05, 0) is 66.6 Å². The summed E-state index contributed by atoms with van der Waals surface area (Å²) in [7, 11) is 0. The van der Waals surface area contributed by atoms with Crippen molar-refractivity contribution < 1.29 is 23.8 Å². The van der Waals surface area contributed by atoms with Gasteiger partial charge in [-0.15, -0.1) is 0 Å². The number of carbonyl (C=O) groups is 2. The Morgan fingerprint density at radius 2 is 1.86 bits per heavy atom. The van der Waals surface area contributed by atoms with Crippen molar-refractivity contribution in [3.05, 3.63) is 107 Å². The molecule has 1 fully saturated rings. The Balaban J connectivity index is 1.68. The third-order valence-corrected chi connectivity index (χ3v) is 6.88. The summed E-state index contributed by atoms with van der Waals surface area (Å²) >= 11 is 1.29. The molecule has 0 aliphatic carbocycles. The standard InChI is InChI=1S/C28H21FN2O4S/c1-3-14-35-20-11-7-17(8-12-20)24-23(25(32)18-5-9-19(29)10-6-18)26(33)27(34)31(24)28-30-21-13-4-16(2)15-22(21)36-28/h3-13,15,24,32H,1,14H2,2H3/t24-/m1/s1. The van der Waals surface area contributed by atoms with Crippen LogP contribution in [0.4, 0.5) is 9.52 Å². The topological polar surface area (TPSA) is 79.7 Å². The van der Waals surface area contributed by atoms with Crippen LogP contribution in [0.25, 0.3) is 16.0 Å². The summed E-state index contributed by atoms with van der Waals surface area (Å²) < 4.78 is 19.9. The van der Waals surface area contributed by atoms with Gasteiger partial charge in [-0.3, -0.25) is 14.5 Å². The number of aryl methyl sites for hydroxylation is 1. The number of anilines is 1. The molecule has 4 aromatic rings. The number of aliphatic hydroxyl groups excluding tert-OH is 1. The summed E-state index contributed by atoms with van der Waals surface area (Å²) in [6.07, 6.45) is 1.63. The van der Waals surface area contributed by atoms with Gasteiger partial charge in [0.1, 0.15) is 23.9 Å². The van der Waals surface area contributed by atoms with Crippen molar-refractivity contribution in [3.8, 4) is 5.75 Å². The van der Waals surface area contributed by atoms with Gasteiger partial charge >= 0.3 is 5.91 Å². The second kappa shape index (κ2) is 9.39. The number of carbonyl (C=O) groups excluding carboxylic acids is 2. The van der Waals surface area contributed by atoms with Crippen LogP contribution in [0.3, 0.4) is 0 Å². The Labute approximate surface area is 210 Å². The van der Waals surface area contributed by atoms with Crippen LogP contribution in [0.15, 0.2) is 85.0 Å². The van der Waals surface area contributed by atoms with Crippen molar-refractivity contribution in [2.45, 2.75) is 13.0 Å². The Morgan fingerprint density at radius 1 is 1.14 bits per heavy atom. The van der Waals surface area contributed by atoms with Gasteiger partial charge < -0.3 is 9.84 Å². The van der Waals surface area contributed by atoms with Crippen molar-refractivity contribution in [2.75, 3.05) is 11.5 Å². The fourth-order valence-corrected chi connectivity index (χ4v) is 5.22. The molecule has 1 atom stereocenters. The van der Waals surface area contributed by atoms with E-state index in [1.165, 1.54) is 40.5 Å². The first-order valence-electron chi connectivity index (χ1n) is 11.1. The van der Waals surface area contributed by atoms with E-state index in [0.29, 0.717) is 28.6 Å². The summed E-state index contributed by atoms with van der Waals surface area (Å²) in [5.74, 6) is -1.92. The van der Waals surface area contributed by atoms with Crippen molar-refractivity contribution in [3.63, 3.8) is 0 Å². The average molecular weight is 501 g/mol. The molecule has 1 aliphatic rings. The number of ketones is 1. The lowest BCUT2D eigenvalue weighted by atomic mass is 9.95. The molecule has 5 rings (SSSR count). The molecule has 1 aromatic heterocycles. The van der Waals surface area contributed by atoms with Gasteiger partial charge in [-0.1, -0.05) is 42.2 Å². The van der Waals surface area contributed by atoms with Crippen molar-refractivity contribution in [1.82, 2.24) is 4.98 Å². The van der Waals surface area contributed by atoms with E-state index in [1.807, 2.05) is 25.1 Å². The van der Waals surface area contributed by atoms with Gasteiger partial charge in [-0.2, -0.15) is 0 Å². The highest BCUT2D eigenvalue weighted by atomic mass is 32.1. The van der Waals surface area contributed by atoms with E-state index in [-0.39, 0.29) is 16.9 Å². The SMILES string of the molecule is C=CCOc1ccc([C@@H]2C(=C(O)c3ccc(F)cc3)C(=O)C(=O)N2c2nc3ccc(C)cc3s2)cc1. The van der Waals surface area contributed by atoms with Gasteiger partial charge in [-0.25, -0.2) is 9.37 Å². The molecule has 1 N–H and O–H groups in total. The zero-order chi connectivity index (χ0) is 25.4. The molecule has 0 radical (unpaired) electrons. The molecule has 1 saturated heterocycles. The molecule has 180 valence electrons. The molecule has 0 spiro atoms. The van der Waals surface area contributed by atoms with Crippen LogP contribution >= 0.6 is 11.3 Å². The maximum Gasteiger partial charge on any atom is 0.301 e. The lowest BCUT2D eigenvalue weighted by Gasteiger charge is -2.23. The number of aromatic nitrogens is 1. The molecule has 8 heteroatoms. The second-order valence-electron chi connectivity index (χ2n) is 8.31. The largest absolute Gasteiger partial charge is 0.507 e. The molecule has 0 bridgehead atoms. The number of benzene rings is 3. The maximum atomic E-state index is 13.5. The number of hydrogen-bond acceptors (Lipinski definition) is 6. The number of aliphatic hydroxyl groups is 1. The molecule has 0 saturated carbocycles. The van der Waals surface area contributed by atoms with Crippen LogP contribution in [0.2, 0.25) is 0 Å². The number of halogens is 1. The molecule has 1 aliphatic heterocycles. The first-order valence-corrected chi connectivity index (χ1v) is 12.0. The Morgan fingerprint density at radius 3 is 2.56 bits per heavy atom. The van der Waals surface area contributed by atoms with Crippen LogP contribution in [-0.2, 0) is 9.59 Å². The van der Waals surface area contributed by atoms with Crippen LogP contribution in [0.5, 0.6) is 5.75 Å². The monoisotopic (exact) mass is 500 g/mol. The summed E-state index contributed by atoms with van der Waals surface area (Å²) in [6, 6.07) is 16.8. The summed E-state index contributed by atoms with van der Waals surface area (Å²) in [4.78, 5) is 32.6. The van der Waals surface area contributed by atoms with E-state index < -0.39 is 23.5 Å². The Hall–Kier alpha value is -4.30. The maximum absolute atomic E-state index is 13.5. The van der Waals surface area contributed by atoms with Crippen molar-refractivity contribution in [2.24, 2.45) is 0 Å². The van der Waals surface area contributed by atoms with Gasteiger partial charge in [0, 0.05) is 5.56 Å². The number of rotatable bonds is 6. The molecule has 6 nitrogen and oxygen atoms in total. The van der Waals surface area contributed by atoms with Gasteiger partial charge in [0.2, 0.25) is 0 Å². The van der Waals surface area contributed by atoms with Crippen LogP contribution in [0, 0.1) is 12.7 Å². The number of nitrogens with zero attached hydrogens (tertiary/aromatic N) is 2. The highest BCUT2D eigenvalue weighted by Crippen LogP contribution is 2.44. The minimum absolute atomic E-state index is 0.0956. The van der Waals surface area contributed by atoms with Crippen LogP contribution in [-0.4, -0.2) is 28.4 Å². The average Bonchev–Trinajstić information content (AvgIpc) is 3.40. The third kappa shape index (κ3) is 4.16. The fraction of sp³-hybridized carbons (Fsp3) is 0.107. The highest BCUT2D eigenvalue weighted by molar-refractivity contribution is 7.22. The van der Waals surface area contributed by atoms with E-state index in [4.69, 9.17) is 4.74 Å². The predicted molar refractivity (Wildman–Crippen MR) is 138 cm³/mol. The lowest BCUT2D eigenvalue weighted by Crippen LogP contribution is -2.29. The van der Waals surface area contributed by atoms with Gasteiger partial charge in [0.15, 0.2) is 5.13 Å². The highest BCUT2D eigenvalue weighted by Gasteiger charge is 2.48. The Kier molecular flexibility index (Phi) is 6.12. The normalized spacial score (nSPS) is 17.1. The zero-order valence-corrected chi connectivity index (χ0v) is 20.1. The summed E-state index contributed by atoms with van der Waals surface area (Å²) in [5.41, 5.74) is 2.46. The number of ether oxygens (including phenoxy) is 1. The minimum atomic E-state index is -0.940. The van der Waals surface area contributed by atoms with E-state index in [2.05, 4.69) is 11.6 Å². The number of hydrogen-bond donors (Lipinski definition) is 1. The third-order valence-electron chi connectivity index (χ3n) is 5.86. The van der Waals surface area contributed by atoms with E-state index in [1.54, 1.807) is 30.3 Å². The van der Waals surface area contributed by atoms with Crippen LogP contribution < -0.4 is 9.64 Å². The molecule has 36 heavy (non-hydrogen) atoms. The van der Waals surface area contributed by atoms with Crippen molar-refractivity contribution >= 4 is 44.1 Å². The molecular formula is C28H21FN2O4S. The van der Waals surface area contributed by atoms with Crippen LogP contribution in [0.1, 0.15) is 22.7 Å². The molecule has 1 amide bonds. The quantitative estimate of drug-likeness (QED) is 0.154. The van der Waals surface area contributed by atoms with Crippen molar-refractivity contribution in [1.29, 1.82) is 0 Å². The first-order chi connectivity index (χ1) is 17.4. The van der Waals surface area contributed by atoms with E-state index in [9.17, 15) is 19.1 Å². The number of fused-ring (bicyclic) bond motifs is 1. The number of thiazole rings is 1. The number of Topliss-reactive ketones (excluding diaryl/α,β-unsaturated/α-hetero) is 1. The smallest absolute Gasteiger partial charge is 0.301 e. The predicted octanol–water partition coefficient (Wildman–Crippen LogP) is 5.93. The lowest BCUT2D eigenvalue weighted by molar-refractivity contribution is -0.132. The fourth-order valence-electron chi connectivity index (χ4n) is 4.13. The van der Waals surface area contributed by atoms with Gasteiger partial charge in [0.25, 0.3) is 5.78 Å². The Bertz CT molecular complexity index is 1520. The molecule has 0 unspecified atom stereocenters. The van der Waals surface area contributed by atoms with E-state index in [0.717, 1.165) is 10.3 Å². The second-order valence-corrected chi connectivity index (χ2v) is 9.32. The molecule has 3 aromatic carbocycles. The minimum Gasteiger partial charge on any atom is -0.507 e. The molecule has 2 heterocycles. The van der Waals surface area contributed by atoms with Gasteiger partial charge in [0.05, 0.1) is 21.8 Å².